The summed E-state index contributed by atoms with van der Waals surface area (Å²) in [6.45, 7) is 10.7. The number of hydrogen-bond acceptors (Lipinski definition) is 4. The topological polar surface area (TPSA) is 65.0 Å². The van der Waals surface area contributed by atoms with Crippen LogP contribution in [0.15, 0.2) is 71.6 Å². The first-order chi connectivity index (χ1) is 16.6. The van der Waals surface area contributed by atoms with Crippen LogP contribution in [0.4, 0.5) is 11.4 Å². The Hall–Kier alpha value is -2.76. The molecule has 0 atom stereocenters. The fraction of sp³-hybridized carbons (Fsp3) is 0.286. The van der Waals surface area contributed by atoms with Gasteiger partial charge >= 0.3 is 0 Å². The zero-order valence-corrected chi connectivity index (χ0v) is 22.3. The molecule has 1 amide bonds. The van der Waals surface area contributed by atoms with Crippen molar-refractivity contribution in [1.82, 2.24) is 0 Å². The first kappa shape index (κ1) is 29.3. The Morgan fingerprint density at radius 1 is 0.971 bits per heavy atom. The number of carbonyl (C=O) groups is 1. The van der Waals surface area contributed by atoms with E-state index >= 15 is 0 Å². The fourth-order valence-electron chi connectivity index (χ4n) is 3.05. The zero-order valence-electron chi connectivity index (χ0n) is 20.7. The molecule has 6 heteroatoms. The molecule has 3 aromatic carbocycles. The van der Waals surface area contributed by atoms with Crippen molar-refractivity contribution in [1.29, 1.82) is 5.41 Å². The minimum atomic E-state index is -0.122. The van der Waals surface area contributed by atoms with E-state index in [1.807, 2.05) is 82.3 Å². The van der Waals surface area contributed by atoms with Crippen LogP contribution in [0.1, 0.15) is 51.3 Å². The smallest absolute Gasteiger partial charge is 0.228 e. The molecule has 0 unspecified atom stereocenters. The van der Waals surface area contributed by atoms with Gasteiger partial charge in [0.05, 0.1) is 17.1 Å². The summed E-state index contributed by atoms with van der Waals surface area (Å²) >= 11 is 8.22. The summed E-state index contributed by atoms with van der Waals surface area (Å²) in [5.74, 6) is 0.898. The van der Waals surface area contributed by atoms with Crippen LogP contribution in [0, 0.1) is 5.41 Å². The van der Waals surface area contributed by atoms with E-state index in [0.717, 1.165) is 16.9 Å². The van der Waals surface area contributed by atoms with Crippen molar-refractivity contribution in [2.45, 2.75) is 52.5 Å². The molecule has 0 saturated heterocycles. The summed E-state index contributed by atoms with van der Waals surface area (Å²) in [6, 6.07) is 21.5. The predicted octanol–water partition coefficient (Wildman–Crippen LogP) is 8.30. The number of hydrogen-bond donors (Lipinski definition) is 3. The predicted molar refractivity (Wildman–Crippen MR) is 151 cm³/mol. The van der Waals surface area contributed by atoms with Crippen molar-refractivity contribution in [2.75, 3.05) is 16.4 Å². The van der Waals surface area contributed by atoms with Crippen molar-refractivity contribution in [3.63, 3.8) is 0 Å². The van der Waals surface area contributed by atoms with E-state index in [1.165, 1.54) is 11.1 Å². The van der Waals surface area contributed by atoms with Crippen LogP contribution in [0.2, 0.25) is 5.02 Å². The Kier molecular flexibility index (Phi) is 14.5. The Bertz CT molecular complexity index is 1010. The van der Waals surface area contributed by atoms with Crippen LogP contribution in [-0.2, 0) is 17.8 Å². The number of benzene rings is 3. The second-order valence-electron chi connectivity index (χ2n) is 6.71. The van der Waals surface area contributed by atoms with E-state index in [2.05, 4.69) is 17.6 Å². The van der Waals surface area contributed by atoms with E-state index in [4.69, 9.17) is 17.0 Å². The van der Waals surface area contributed by atoms with Crippen LogP contribution >= 0.6 is 23.4 Å². The molecule has 0 bridgehead atoms. The summed E-state index contributed by atoms with van der Waals surface area (Å²) in [4.78, 5) is 13.7. The Morgan fingerprint density at radius 3 is 2.21 bits per heavy atom. The normalized spacial score (nSPS) is 9.59. The standard InChI is InChI=1S/C24H24ClN3OS.2C2H6/c1-2-30-21-10-8-17(9-11-21)12-23(29)28-20-13-19(15-26)24(22(25)14-20)27-16-18-6-4-3-5-7-18;2*1-2/h3-11,13-15,26-27H,2,12,16H2,1H3,(H,28,29);2*1-2H3. The molecule has 3 aromatic rings. The third kappa shape index (κ3) is 9.62. The molecule has 0 aliphatic carbocycles. The molecule has 182 valence electrons. The first-order valence-electron chi connectivity index (χ1n) is 11.7. The van der Waals surface area contributed by atoms with Gasteiger partial charge in [0, 0.05) is 28.9 Å². The number of anilines is 2. The first-order valence-corrected chi connectivity index (χ1v) is 13.1. The van der Waals surface area contributed by atoms with Gasteiger partial charge in [0.25, 0.3) is 0 Å². The summed E-state index contributed by atoms with van der Waals surface area (Å²) in [7, 11) is 0. The molecule has 0 saturated carbocycles. The lowest BCUT2D eigenvalue weighted by Crippen LogP contribution is -2.15. The fourth-order valence-corrected chi connectivity index (χ4v) is 4.00. The van der Waals surface area contributed by atoms with Gasteiger partial charge in [-0.2, -0.15) is 0 Å². The SMILES string of the molecule is CC.CC.CCSc1ccc(CC(=O)Nc2cc(Cl)c(NCc3ccccc3)c(C=N)c2)cc1. The lowest BCUT2D eigenvalue weighted by atomic mass is 10.1. The van der Waals surface area contributed by atoms with Gasteiger partial charge in [-0.25, -0.2) is 0 Å². The number of thioether (sulfide) groups is 1. The number of rotatable bonds is 9. The van der Waals surface area contributed by atoms with E-state index in [1.54, 1.807) is 23.9 Å². The summed E-state index contributed by atoms with van der Waals surface area (Å²) in [6.07, 6.45) is 1.52. The van der Waals surface area contributed by atoms with Gasteiger partial charge in [-0.3, -0.25) is 4.79 Å². The van der Waals surface area contributed by atoms with E-state index < -0.39 is 0 Å². The molecule has 3 rings (SSSR count). The molecule has 4 nitrogen and oxygen atoms in total. The molecular formula is C28H36ClN3OS. The molecule has 3 N–H and O–H groups in total. The number of nitrogens with one attached hydrogen (secondary N) is 3. The van der Waals surface area contributed by atoms with Gasteiger partial charge in [-0.05, 0) is 41.1 Å². The van der Waals surface area contributed by atoms with Gasteiger partial charge in [-0.15, -0.1) is 11.8 Å². The quantitative estimate of drug-likeness (QED) is 0.206. The van der Waals surface area contributed by atoms with Crippen LogP contribution in [0.3, 0.4) is 0 Å². The van der Waals surface area contributed by atoms with Crippen molar-refractivity contribution >= 4 is 46.9 Å². The van der Waals surface area contributed by atoms with Gasteiger partial charge in [0.1, 0.15) is 0 Å². The average molecular weight is 498 g/mol. The second kappa shape index (κ2) is 16.8. The average Bonchev–Trinajstić information content (AvgIpc) is 2.87. The van der Waals surface area contributed by atoms with Crippen molar-refractivity contribution in [3.05, 3.63) is 88.4 Å². The molecule has 0 spiro atoms. The molecule has 0 heterocycles. The molecule has 34 heavy (non-hydrogen) atoms. The Labute approximate surface area is 214 Å². The van der Waals surface area contributed by atoms with Crippen LogP contribution in [0.5, 0.6) is 0 Å². The number of amides is 1. The number of halogens is 1. The van der Waals surface area contributed by atoms with Crippen molar-refractivity contribution in [2.24, 2.45) is 0 Å². The van der Waals surface area contributed by atoms with Crippen molar-refractivity contribution in [3.8, 4) is 0 Å². The minimum absolute atomic E-state index is 0.122. The van der Waals surface area contributed by atoms with Gasteiger partial charge in [0.2, 0.25) is 5.91 Å². The molecule has 0 fully saturated rings. The van der Waals surface area contributed by atoms with Crippen LogP contribution < -0.4 is 10.6 Å². The molecule has 0 aliphatic heterocycles. The van der Waals surface area contributed by atoms with Gasteiger partial charge in [0.15, 0.2) is 0 Å². The highest BCUT2D eigenvalue weighted by Crippen LogP contribution is 2.30. The van der Waals surface area contributed by atoms with E-state index in [9.17, 15) is 4.79 Å². The largest absolute Gasteiger partial charge is 0.379 e. The van der Waals surface area contributed by atoms with Crippen molar-refractivity contribution < 1.29 is 4.79 Å². The monoisotopic (exact) mass is 497 g/mol. The maximum Gasteiger partial charge on any atom is 0.228 e. The number of carbonyl (C=O) groups excluding carboxylic acids is 1. The summed E-state index contributed by atoms with van der Waals surface area (Å²) in [5, 5.41) is 14.4. The molecular weight excluding hydrogens is 462 g/mol. The molecule has 0 radical (unpaired) electrons. The zero-order chi connectivity index (χ0) is 25.3. The third-order valence-electron chi connectivity index (χ3n) is 4.47. The summed E-state index contributed by atoms with van der Waals surface area (Å²) in [5.41, 5.74) is 3.94. The maximum absolute atomic E-state index is 12.5. The van der Waals surface area contributed by atoms with Gasteiger partial charge in [-0.1, -0.05) is 88.7 Å². The lowest BCUT2D eigenvalue weighted by molar-refractivity contribution is -0.115. The molecule has 0 aromatic heterocycles. The summed E-state index contributed by atoms with van der Waals surface area (Å²) < 4.78 is 0. The Balaban J connectivity index is 0.00000137. The highest BCUT2D eigenvalue weighted by atomic mass is 35.5. The van der Waals surface area contributed by atoms with Crippen LogP contribution in [0.25, 0.3) is 0 Å². The highest BCUT2D eigenvalue weighted by Gasteiger charge is 2.11. The highest BCUT2D eigenvalue weighted by molar-refractivity contribution is 7.99. The lowest BCUT2D eigenvalue weighted by Gasteiger charge is -2.14. The molecule has 0 aliphatic rings. The van der Waals surface area contributed by atoms with E-state index in [-0.39, 0.29) is 12.3 Å². The van der Waals surface area contributed by atoms with Crippen LogP contribution in [-0.4, -0.2) is 17.9 Å². The van der Waals surface area contributed by atoms with Gasteiger partial charge < -0.3 is 16.0 Å². The maximum atomic E-state index is 12.5. The minimum Gasteiger partial charge on any atom is -0.379 e. The van der Waals surface area contributed by atoms with E-state index in [0.29, 0.717) is 28.5 Å². The second-order valence-corrected chi connectivity index (χ2v) is 8.45. The Morgan fingerprint density at radius 2 is 1.62 bits per heavy atom. The third-order valence-corrected chi connectivity index (χ3v) is 5.66.